The smallest absolute Gasteiger partial charge is 0.260 e. The van der Waals surface area contributed by atoms with Crippen LogP contribution in [0.15, 0.2) is 24.3 Å². The van der Waals surface area contributed by atoms with E-state index in [2.05, 4.69) is 6.92 Å². The van der Waals surface area contributed by atoms with Gasteiger partial charge in [-0.25, -0.2) is 0 Å². The Labute approximate surface area is 189 Å². The van der Waals surface area contributed by atoms with Crippen molar-refractivity contribution in [2.45, 2.75) is 76.3 Å². The SMILES string of the molecule is CC(C)(O)[C@@H]1CC[C@](C)([C@@H]2CC3(CCN(C(=O)COc4ccccc4Cl)CC3)CO2)O1. The van der Waals surface area contributed by atoms with E-state index in [1.807, 2.05) is 30.9 Å². The summed E-state index contributed by atoms with van der Waals surface area (Å²) < 4.78 is 18.2. The van der Waals surface area contributed by atoms with Crippen LogP contribution in [0.1, 0.15) is 52.9 Å². The summed E-state index contributed by atoms with van der Waals surface area (Å²) in [6, 6.07) is 7.19. The molecule has 1 aromatic carbocycles. The van der Waals surface area contributed by atoms with Crippen molar-refractivity contribution < 1.29 is 24.1 Å². The monoisotopic (exact) mass is 451 g/mol. The third-order valence-electron chi connectivity index (χ3n) is 7.36. The van der Waals surface area contributed by atoms with Crippen LogP contribution < -0.4 is 4.74 Å². The van der Waals surface area contributed by atoms with Crippen LogP contribution in [0.25, 0.3) is 0 Å². The van der Waals surface area contributed by atoms with Gasteiger partial charge in [0.25, 0.3) is 5.91 Å². The predicted molar refractivity (Wildman–Crippen MR) is 118 cm³/mol. The van der Waals surface area contributed by atoms with E-state index in [1.165, 1.54) is 0 Å². The maximum Gasteiger partial charge on any atom is 0.260 e. The van der Waals surface area contributed by atoms with Crippen LogP contribution >= 0.6 is 11.6 Å². The molecule has 31 heavy (non-hydrogen) atoms. The molecule has 0 bridgehead atoms. The Morgan fingerprint density at radius 3 is 2.65 bits per heavy atom. The van der Waals surface area contributed by atoms with Gasteiger partial charge >= 0.3 is 0 Å². The Morgan fingerprint density at radius 1 is 1.29 bits per heavy atom. The first-order chi connectivity index (χ1) is 14.6. The fraction of sp³-hybridized carbons (Fsp3) is 0.708. The largest absolute Gasteiger partial charge is 0.482 e. The molecule has 4 rings (SSSR count). The zero-order valence-electron chi connectivity index (χ0n) is 18.7. The van der Waals surface area contributed by atoms with E-state index in [-0.39, 0.29) is 35.7 Å². The molecule has 1 aromatic rings. The van der Waals surface area contributed by atoms with Gasteiger partial charge in [-0.3, -0.25) is 4.79 Å². The summed E-state index contributed by atoms with van der Waals surface area (Å²) in [7, 11) is 0. The van der Waals surface area contributed by atoms with Gasteiger partial charge in [-0.05, 0) is 70.4 Å². The lowest BCUT2D eigenvalue weighted by atomic mass is 9.74. The van der Waals surface area contributed by atoms with Crippen LogP contribution in [0.5, 0.6) is 5.75 Å². The van der Waals surface area contributed by atoms with Crippen molar-refractivity contribution in [3.63, 3.8) is 0 Å². The van der Waals surface area contributed by atoms with Crippen molar-refractivity contribution in [1.82, 2.24) is 4.90 Å². The lowest BCUT2D eigenvalue weighted by Crippen LogP contribution is -2.46. The van der Waals surface area contributed by atoms with Crippen molar-refractivity contribution in [2.24, 2.45) is 5.41 Å². The van der Waals surface area contributed by atoms with E-state index < -0.39 is 5.60 Å². The van der Waals surface area contributed by atoms with Gasteiger partial charge < -0.3 is 24.2 Å². The predicted octanol–water partition coefficient (Wildman–Crippen LogP) is 3.83. The fourth-order valence-corrected chi connectivity index (χ4v) is 5.34. The average molecular weight is 452 g/mol. The lowest BCUT2D eigenvalue weighted by Gasteiger charge is -2.39. The number of rotatable bonds is 5. The van der Waals surface area contributed by atoms with Crippen molar-refractivity contribution in [2.75, 3.05) is 26.3 Å². The first-order valence-corrected chi connectivity index (χ1v) is 11.7. The van der Waals surface area contributed by atoms with Crippen molar-refractivity contribution in [1.29, 1.82) is 0 Å². The number of halogens is 1. The van der Waals surface area contributed by atoms with E-state index in [9.17, 15) is 9.90 Å². The maximum absolute atomic E-state index is 12.6. The van der Waals surface area contributed by atoms with Crippen molar-refractivity contribution in [3.8, 4) is 5.75 Å². The minimum Gasteiger partial charge on any atom is -0.482 e. The van der Waals surface area contributed by atoms with Gasteiger partial charge in [0, 0.05) is 13.1 Å². The van der Waals surface area contributed by atoms with Gasteiger partial charge in [-0.1, -0.05) is 23.7 Å². The third-order valence-corrected chi connectivity index (χ3v) is 7.67. The Morgan fingerprint density at radius 2 is 2.00 bits per heavy atom. The summed E-state index contributed by atoms with van der Waals surface area (Å²) in [5.74, 6) is 0.525. The normalized spacial score (nSPS) is 30.7. The van der Waals surface area contributed by atoms with Gasteiger partial charge in [0.1, 0.15) is 5.75 Å². The summed E-state index contributed by atoms with van der Waals surface area (Å²) in [5.41, 5.74) is -1.10. The third kappa shape index (κ3) is 4.87. The summed E-state index contributed by atoms with van der Waals surface area (Å²) in [5, 5.41) is 10.8. The molecule has 0 radical (unpaired) electrons. The van der Waals surface area contributed by atoms with Gasteiger partial charge in [-0.15, -0.1) is 0 Å². The molecular formula is C24H34ClNO5. The number of nitrogens with zero attached hydrogens (tertiary/aromatic N) is 1. The molecule has 6 nitrogen and oxygen atoms in total. The minimum absolute atomic E-state index is 0.000102. The minimum atomic E-state index is -0.841. The summed E-state index contributed by atoms with van der Waals surface area (Å²) in [4.78, 5) is 14.5. The van der Waals surface area contributed by atoms with E-state index in [0.717, 1.165) is 32.1 Å². The molecule has 0 saturated carbocycles. The number of hydrogen-bond acceptors (Lipinski definition) is 5. The molecule has 0 aliphatic carbocycles. The highest BCUT2D eigenvalue weighted by Gasteiger charge is 2.53. The van der Waals surface area contributed by atoms with Crippen LogP contribution in [0.2, 0.25) is 5.02 Å². The molecule has 3 fully saturated rings. The van der Waals surface area contributed by atoms with Gasteiger partial charge in [-0.2, -0.15) is 0 Å². The van der Waals surface area contributed by atoms with E-state index in [1.54, 1.807) is 12.1 Å². The van der Waals surface area contributed by atoms with Crippen LogP contribution in [0, 0.1) is 5.41 Å². The summed E-state index contributed by atoms with van der Waals surface area (Å²) in [6.45, 7) is 7.87. The number of likely N-dealkylation sites (tertiary alicyclic amines) is 1. The summed E-state index contributed by atoms with van der Waals surface area (Å²) in [6.07, 6.45) is 4.41. The summed E-state index contributed by atoms with van der Waals surface area (Å²) >= 11 is 6.10. The highest BCUT2D eigenvalue weighted by atomic mass is 35.5. The molecule has 172 valence electrons. The molecule has 1 spiro atoms. The molecule has 1 N–H and O–H groups in total. The molecule has 3 aliphatic heterocycles. The average Bonchev–Trinajstić information content (AvgIpc) is 3.33. The number of aliphatic hydroxyl groups is 1. The second kappa shape index (κ2) is 8.54. The highest BCUT2D eigenvalue weighted by Crippen LogP contribution is 2.49. The second-order valence-corrected chi connectivity index (χ2v) is 10.6. The second-order valence-electron chi connectivity index (χ2n) is 10.2. The molecule has 3 saturated heterocycles. The number of carbonyl (C=O) groups excluding carboxylic acids is 1. The van der Waals surface area contributed by atoms with Crippen LogP contribution in [-0.4, -0.2) is 65.6 Å². The first-order valence-electron chi connectivity index (χ1n) is 11.3. The maximum atomic E-state index is 12.6. The van der Waals surface area contributed by atoms with Crippen LogP contribution in [-0.2, 0) is 14.3 Å². The zero-order chi connectivity index (χ0) is 22.3. The first kappa shape index (κ1) is 22.8. The topological polar surface area (TPSA) is 68.2 Å². The molecule has 0 unspecified atom stereocenters. The molecule has 1 amide bonds. The van der Waals surface area contributed by atoms with Crippen molar-refractivity contribution in [3.05, 3.63) is 29.3 Å². The Balaban J connectivity index is 1.28. The number of ether oxygens (including phenoxy) is 3. The van der Waals surface area contributed by atoms with Gasteiger partial charge in [0.05, 0.1) is 35.0 Å². The molecule has 3 atom stereocenters. The quantitative estimate of drug-likeness (QED) is 0.736. The fourth-order valence-electron chi connectivity index (χ4n) is 5.15. The molecule has 3 aliphatic rings. The number of para-hydroxylation sites is 1. The molecular weight excluding hydrogens is 418 g/mol. The number of benzene rings is 1. The highest BCUT2D eigenvalue weighted by molar-refractivity contribution is 6.32. The van der Waals surface area contributed by atoms with E-state index in [0.29, 0.717) is 30.5 Å². The van der Waals surface area contributed by atoms with Crippen LogP contribution in [0.4, 0.5) is 0 Å². The van der Waals surface area contributed by atoms with E-state index in [4.69, 9.17) is 25.8 Å². The number of carbonyl (C=O) groups is 1. The van der Waals surface area contributed by atoms with Crippen LogP contribution in [0.3, 0.4) is 0 Å². The molecule has 7 heteroatoms. The Kier molecular flexibility index (Phi) is 6.29. The molecule has 3 heterocycles. The number of hydrogen-bond donors (Lipinski definition) is 1. The standard InChI is InChI=1S/C24H34ClNO5/c1-22(2,28)19-8-9-23(3,31-19)20-14-24(16-30-20)10-12-26(13-11-24)21(27)15-29-18-7-5-4-6-17(18)25/h4-7,19-20,28H,8-16H2,1-3H3/t19-,20-,23+/m0/s1. The Bertz CT molecular complexity index is 801. The molecule has 0 aromatic heterocycles. The van der Waals surface area contributed by atoms with Crippen molar-refractivity contribution >= 4 is 17.5 Å². The Hall–Kier alpha value is -1.34. The lowest BCUT2D eigenvalue weighted by molar-refractivity contribution is -0.155. The number of amides is 1. The number of piperidine rings is 1. The zero-order valence-corrected chi connectivity index (χ0v) is 19.5. The van der Waals surface area contributed by atoms with E-state index >= 15 is 0 Å². The van der Waals surface area contributed by atoms with Gasteiger partial charge in [0.2, 0.25) is 0 Å². The van der Waals surface area contributed by atoms with Gasteiger partial charge in [0.15, 0.2) is 6.61 Å².